The number of fused-ring (bicyclic) bond motifs is 4. The molecule has 8 aliphatic rings. The Bertz CT molecular complexity index is 7890. The van der Waals surface area contributed by atoms with E-state index in [0.29, 0.717) is 123 Å². The molecule has 0 radical (unpaired) electrons. The number of anilines is 8. The molecule has 42 heteroatoms. The number of imidazole rings is 4. The quantitative estimate of drug-likeness (QED) is 0.0408. The minimum Gasteiger partial charge on any atom is -0.377 e. The van der Waals surface area contributed by atoms with E-state index < -0.39 is 62.3 Å². The van der Waals surface area contributed by atoms with Gasteiger partial charge in [0.25, 0.3) is 0 Å². The fraction of sp³-hybridized carbons (Fsp3) is 0.396. The van der Waals surface area contributed by atoms with Crippen LogP contribution in [0.15, 0.2) is 147 Å². The van der Waals surface area contributed by atoms with Crippen LogP contribution in [0, 0.1) is 90.5 Å². The molecular formula is C106H110F10N28O3S. The highest BCUT2D eigenvalue weighted by Gasteiger charge is 2.62. The number of likely N-dealkylation sites (tertiary alicyclic amines) is 4. The molecule has 148 heavy (non-hydrogen) atoms. The number of ether oxygens (including phenoxy) is 1. The third-order valence-corrected chi connectivity index (χ3v) is 31.1. The van der Waals surface area contributed by atoms with Gasteiger partial charge in [0.1, 0.15) is 91.4 Å². The number of benzene rings is 4. The molecule has 2 aliphatic carbocycles. The Labute approximate surface area is 846 Å². The predicted molar refractivity (Wildman–Crippen MR) is 542 cm³/mol. The Morgan fingerprint density at radius 2 is 0.628 bits per heavy atom. The Morgan fingerprint density at radius 3 is 0.858 bits per heavy atom. The average molecular weight is 2050 g/mol. The molecule has 6 aliphatic heterocycles. The normalized spacial score (nSPS) is 17.5. The number of hydrogen-bond acceptors (Lipinski definition) is 27. The largest absolute Gasteiger partial charge is 0.377 e. The number of aromatic nitrogens is 20. The van der Waals surface area contributed by atoms with Gasteiger partial charge in [0.05, 0.1) is 77.1 Å². The number of sulfone groups is 1. The molecule has 0 bridgehead atoms. The molecule has 4 aromatic carbocycles. The third kappa shape index (κ3) is 20.0. The van der Waals surface area contributed by atoms with E-state index in [1.807, 2.05) is 143 Å². The van der Waals surface area contributed by atoms with Crippen molar-refractivity contribution < 1.29 is 57.1 Å². The molecule has 12 aromatic heterocycles. The Hall–Kier alpha value is -14.1. The summed E-state index contributed by atoms with van der Waals surface area (Å²) >= 11 is 0. The van der Waals surface area contributed by atoms with Crippen molar-refractivity contribution in [1.29, 1.82) is 0 Å². The fourth-order valence-corrected chi connectivity index (χ4v) is 24.6. The van der Waals surface area contributed by atoms with E-state index >= 15 is 0 Å². The second-order valence-electron chi connectivity index (χ2n) is 42.0. The molecule has 0 unspecified atom stereocenters. The van der Waals surface area contributed by atoms with Crippen LogP contribution < -0.4 is 21.3 Å². The lowest BCUT2D eigenvalue weighted by Crippen LogP contribution is -2.70. The lowest BCUT2D eigenvalue weighted by molar-refractivity contribution is -0.214. The first-order valence-electron chi connectivity index (χ1n) is 49.4. The van der Waals surface area contributed by atoms with Gasteiger partial charge in [-0.15, -0.1) is 0 Å². The molecule has 24 rings (SSSR count). The van der Waals surface area contributed by atoms with Crippen molar-refractivity contribution >= 4 is 101 Å². The SMILES string of the molecule is Cc1nc2c(F)cc(-c3nc(Nc4ccc(CN5CC6(C5)CC(F)(F)C6)cn4)ncc3F)cc2n1C(C)C.Cc1nc2c(F)cc(-c3nc(Nc4ccc(CN5CC6(C5)CS(=O)(=O)C6)cn4)ncc3F)cc2n1C(C)C.Cc1nc2c(F)cc(-c3nc(Nc4ccc(CN5CC6(CCC6)C5)cn4)ncc3F)cc2n1C(C)C.Cc1nc2c(F)cc(-c3nc(Nc4ccc(CN5CCC56COC6)cn4)ncc3F)cc2n1C(C)C. The van der Waals surface area contributed by atoms with Crippen molar-refractivity contribution in [3.8, 4) is 45.0 Å². The summed E-state index contributed by atoms with van der Waals surface area (Å²) in [5.41, 5.74) is 9.27. The fourth-order valence-electron chi connectivity index (χ4n) is 22.4. The summed E-state index contributed by atoms with van der Waals surface area (Å²) in [6.45, 7) is 34.2. The van der Waals surface area contributed by atoms with Crippen LogP contribution in [0.5, 0.6) is 0 Å². The minimum absolute atomic E-state index is 0.00452. The van der Waals surface area contributed by atoms with Crippen molar-refractivity contribution in [2.75, 3.05) is 91.8 Å². The van der Waals surface area contributed by atoms with E-state index in [1.54, 1.807) is 55.7 Å². The second kappa shape index (κ2) is 38.9. The van der Waals surface area contributed by atoms with Crippen LogP contribution >= 0.6 is 0 Å². The lowest BCUT2D eigenvalue weighted by Gasteiger charge is -2.58. The maximum Gasteiger partial charge on any atom is 0.249 e. The van der Waals surface area contributed by atoms with Crippen molar-refractivity contribution in [3.63, 3.8) is 0 Å². The monoisotopic (exact) mass is 2040 g/mol. The summed E-state index contributed by atoms with van der Waals surface area (Å²) in [5.74, 6) is -1.28. The number of nitrogens with zero attached hydrogens (tertiary/aromatic N) is 24. The number of halogens is 10. The van der Waals surface area contributed by atoms with Gasteiger partial charge in [-0.3, -0.25) is 19.6 Å². The summed E-state index contributed by atoms with van der Waals surface area (Å²) in [5, 5.41) is 12.0. The van der Waals surface area contributed by atoms with Crippen molar-refractivity contribution in [2.45, 2.75) is 183 Å². The van der Waals surface area contributed by atoms with Crippen molar-refractivity contribution in [3.05, 3.63) is 239 Å². The lowest BCUT2D eigenvalue weighted by atomic mass is 9.61. The Kier molecular flexibility index (Phi) is 26.2. The highest BCUT2D eigenvalue weighted by atomic mass is 32.2. The zero-order valence-electron chi connectivity index (χ0n) is 83.7. The van der Waals surface area contributed by atoms with E-state index in [4.69, 9.17) is 4.74 Å². The zero-order chi connectivity index (χ0) is 104. The van der Waals surface area contributed by atoms with Crippen molar-refractivity contribution in [2.24, 2.45) is 16.2 Å². The molecule has 0 atom stereocenters. The minimum atomic E-state index is -2.83. The van der Waals surface area contributed by atoms with Gasteiger partial charge >= 0.3 is 0 Å². The number of pyridine rings is 4. The molecule has 6 saturated heterocycles. The molecule has 768 valence electrons. The average Bonchev–Trinajstić information content (AvgIpc) is 0.868. The molecular weight excluding hydrogens is 1940 g/mol. The topological polar surface area (TPSA) is 330 Å². The molecule has 4 spiro atoms. The summed E-state index contributed by atoms with van der Waals surface area (Å²) in [6.07, 6.45) is 16.6. The van der Waals surface area contributed by atoms with E-state index in [2.05, 4.69) is 121 Å². The molecule has 31 nitrogen and oxygen atoms in total. The highest BCUT2D eigenvalue weighted by molar-refractivity contribution is 7.92. The van der Waals surface area contributed by atoms with Gasteiger partial charge in [-0.25, -0.2) is 132 Å². The third-order valence-electron chi connectivity index (χ3n) is 29.0. The Balaban J connectivity index is 0.000000116. The van der Waals surface area contributed by atoms with Gasteiger partial charge in [0, 0.05) is 167 Å². The number of alkyl halides is 2. The van der Waals surface area contributed by atoms with E-state index in [1.165, 1.54) is 63.0 Å². The van der Waals surface area contributed by atoms with Crippen LogP contribution in [-0.2, 0) is 40.8 Å². The number of hydrogen-bond donors (Lipinski definition) is 4. The summed E-state index contributed by atoms with van der Waals surface area (Å²) in [6, 6.07) is 27.2. The van der Waals surface area contributed by atoms with Crippen molar-refractivity contribution in [1.82, 2.24) is 118 Å². The number of nitrogens with one attached hydrogen (secondary N) is 4. The molecule has 4 N–H and O–H groups in total. The molecule has 18 heterocycles. The first-order valence-corrected chi connectivity index (χ1v) is 51.3. The maximum absolute atomic E-state index is 14.9. The number of aryl methyl sites for hydroxylation is 4. The standard InChI is InChI=1S/C27H27F4N7.C27H29F2N7.C26H27F2N7O2S.C26H27F2N7O/c1-15(2)38-16(3)34-24-19(28)6-18(7-21(24)38)23-20(29)9-33-25(36-23)35-22-5-4-17(8-32-22)10-37-13-26(14-37)11-27(30,31)12-26;1-16(2)36-17(3)32-25-20(28)9-19(10-22(25)36)24-21(29)12-31-26(34-24)33-23-6-5-18(11-30-23)13-35-14-27(15-35)7-4-8-27;1-15(2)35-16(3)31-24-19(27)6-18(7-21(24)35)23-20(28)9-30-25(33-23)32-22-5-4-17(8-29-22)10-34-11-26(12-34)13-38(36,37)14-26;1-15(2)35-16(3)31-24-19(27)8-18(9-21(24)35)23-20(28)11-30-25(33-23)32-22-5-4-17(10-29-22)12-34-7-6-26(34)13-36-14-26/h4-9,15H,10-14H2,1-3H3,(H,32,33,35,36);5-6,9-12,16H,4,7-8,13-15H2,1-3H3,(H,30,31,33,34);4-9,15H,10-14H2,1-3H3,(H,29,30,32,33);4-5,8-11,15H,6-7,12-14H2,1-3H3,(H,29,30,32,33). The molecule has 0 amide bonds. The van der Waals surface area contributed by atoms with Gasteiger partial charge in [-0.1, -0.05) is 30.7 Å². The van der Waals surface area contributed by atoms with Crippen LogP contribution in [0.4, 0.5) is 91.0 Å². The maximum atomic E-state index is 14.9. The highest BCUT2D eigenvalue weighted by Crippen LogP contribution is 2.57. The Morgan fingerprint density at radius 1 is 0.345 bits per heavy atom. The summed E-state index contributed by atoms with van der Waals surface area (Å²) < 4.78 is 181. The van der Waals surface area contributed by atoms with Crippen LogP contribution in [0.25, 0.3) is 89.2 Å². The first-order chi connectivity index (χ1) is 70.6. The van der Waals surface area contributed by atoms with E-state index in [9.17, 15) is 52.3 Å². The van der Waals surface area contributed by atoms with Gasteiger partial charge < -0.3 is 44.3 Å². The second-order valence-corrected chi connectivity index (χ2v) is 44.0. The van der Waals surface area contributed by atoms with Gasteiger partial charge in [-0.2, -0.15) is 0 Å². The smallest absolute Gasteiger partial charge is 0.249 e. The van der Waals surface area contributed by atoms with E-state index in [0.717, 1.165) is 93.0 Å². The molecule has 8 fully saturated rings. The van der Waals surface area contributed by atoms with Crippen LogP contribution in [0.2, 0.25) is 0 Å². The van der Waals surface area contributed by atoms with Crippen LogP contribution in [-0.4, -0.2) is 208 Å². The summed E-state index contributed by atoms with van der Waals surface area (Å²) in [7, 11) is -2.83. The van der Waals surface area contributed by atoms with Gasteiger partial charge in [0.15, 0.2) is 56.4 Å². The molecule has 16 aromatic rings. The number of rotatable bonds is 24. The van der Waals surface area contributed by atoms with Crippen LogP contribution in [0.3, 0.4) is 0 Å². The predicted octanol–water partition coefficient (Wildman–Crippen LogP) is 20.6. The first kappa shape index (κ1) is 99.9. The van der Waals surface area contributed by atoms with Crippen LogP contribution in [0.1, 0.15) is 164 Å². The van der Waals surface area contributed by atoms with Gasteiger partial charge in [0.2, 0.25) is 29.7 Å². The van der Waals surface area contributed by atoms with Gasteiger partial charge in [-0.05, 0) is 203 Å². The molecule has 2 saturated carbocycles. The zero-order valence-corrected chi connectivity index (χ0v) is 84.5. The summed E-state index contributed by atoms with van der Waals surface area (Å²) in [4.78, 5) is 77.8. The van der Waals surface area contributed by atoms with E-state index in [-0.39, 0.29) is 133 Å².